The van der Waals surface area contributed by atoms with E-state index < -0.39 is 0 Å². The molecule has 4 heteroatoms. The van der Waals surface area contributed by atoms with Crippen LogP contribution in [0.15, 0.2) is 48.5 Å². The van der Waals surface area contributed by atoms with Crippen molar-refractivity contribution in [2.45, 2.75) is 51.4 Å². The number of carbonyl (C=O) groups excluding carboxylic acids is 1. The van der Waals surface area contributed by atoms with Gasteiger partial charge in [-0.15, -0.1) is 0 Å². The van der Waals surface area contributed by atoms with E-state index >= 15 is 0 Å². The standard InChI is InChI=1S/C27H35NO3/c1-30-25-10-6-5-9-24(25)23-13-11-21(12-14-23)19-27(15-17-31-18-16-27)26(29)28-20-22-7-3-2-4-8-22/h5-6,9-14,22H,2-4,7-8,15-20H2,1H3,(H,28,29). The van der Waals surface area contributed by atoms with Gasteiger partial charge in [0.1, 0.15) is 5.75 Å². The monoisotopic (exact) mass is 421 g/mol. The molecular formula is C27H35NO3. The van der Waals surface area contributed by atoms with Gasteiger partial charge in [-0.3, -0.25) is 4.79 Å². The van der Waals surface area contributed by atoms with Gasteiger partial charge in [-0.2, -0.15) is 0 Å². The molecule has 4 nitrogen and oxygen atoms in total. The molecule has 0 bridgehead atoms. The zero-order valence-electron chi connectivity index (χ0n) is 18.7. The highest BCUT2D eigenvalue weighted by Gasteiger charge is 2.40. The van der Waals surface area contributed by atoms with E-state index in [0.717, 1.165) is 42.7 Å². The molecule has 31 heavy (non-hydrogen) atoms. The molecule has 1 amide bonds. The maximum absolute atomic E-state index is 13.4. The molecule has 0 atom stereocenters. The molecule has 2 aliphatic rings. The zero-order valence-corrected chi connectivity index (χ0v) is 18.7. The van der Waals surface area contributed by atoms with E-state index in [9.17, 15) is 4.79 Å². The Labute approximate surface area is 186 Å². The van der Waals surface area contributed by atoms with Crippen LogP contribution in [0.1, 0.15) is 50.5 Å². The lowest BCUT2D eigenvalue weighted by Gasteiger charge is -2.36. The third kappa shape index (κ3) is 5.30. The molecule has 2 fully saturated rings. The average Bonchev–Trinajstić information content (AvgIpc) is 2.84. The molecular weight excluding hydrogens is 386 g/mol. The highest BCUT2D eigenvalue weighted by atomic mass is 16.5. The van der Waals surface area contributed by atoms with Crippen LogP contribution in [0.5, 0.6) is 5.75 Å². The first kappa shape index (κ1) is 21.9. The van der Waals surface area contributed by atoms with Crippen molar-refractivity contribution in [1.29, 1.82) is 0 Å². The number of hydrogen-bond donors (Lipinski definition) is 1. The maximum Gasteiger partial charge on any atom is 0.226 e. The molecule has 0 unspecified atom stereocenters. The second kappa shape index (κ2) is 10.3. The summed E-state index contributed by atoms with van der Waals surface area (Å²) in [7, 11) is 1.70. The molecule has 0 spiro atoms. The molecule has 0 aromatic heterocycles. The molecule has 2 aromatic rings. The van der Waals surface area contributed by atoms with E-state index in [0.29, 0.717) is 19.1 Å². The Morgan fingerprint density at radius 2 is 1.74 bits per heavy atom. The molecule has 2 aromatic carbocycles. The summed E-state index contributed by atoms with van der Waals surface area (Å²) < 4.78 is 11.1. The van der Waals surface area contributed by atoms with Gasteiger partial charge in [0.25, 0.3) is 0 Å². The fourth-order valence-electron chi connectivity index (χ4n) is 5.14. The highest BCUT2D eigenvalue weighted by molar-refractivity contribution is 5.83. The van der Waals surface area contributed by atoms with E-state index in [-0.39, 0.29) is 11.3 Å². The fourth-order valence-corrected chi connectivity index (χ4v) is 5.14. The van der Waals surface area contributed by atoms with Gasteiger partial charge in [-0.1, -0.05) is 61.7 Å². The minimum absolute atomic E-state index is 0.218. The van der Waals surface area contributed by atoms with Gasteiger partial charge in [0.2, 0.25) is 5.91 Å². The summed E-state index contributed by atoms with van der Waals surface area (Å²) >= 11 is 0. The lowest BCUT2D eigenvalue weighted by Crippen LogP contribution is -2.47. The van der Waals surface area contributed by atoms with Crippen molar-refractivity contribution >= 4 is 5.91 Å². The summed E-state index contributed by atoms with van der Waals surface area (Å²) in [6, 6.07) is 16.7. The lowest BCUT2D eigenvalue weighted by atomic mass is 9.74. The first-order chi connectivity index (χ1) is 15.2. The summed E-state index contributed by atoms with van der Waals surface area (Å²) in [4.78, 5) is 13.4. The first-order valence-electron chi connectivity index (χ1n) is 11.8. The Hall–Kier alpha value is -2.33. The number of nitrogens with one attached hydrogen (secondary N) is 1. The van der Waals surface area contributed by atoms with Crippen molar-refractivity contribution in [2.24, 2.45) is 11.3 Å². The van der Waals surface area contributed by atoms with Crippen LogP contribution in [0, 0.1) is 11.3 Å². The van der Waals surface area contributed by atoms with Crippen molar-refractivity contribution in [3.05, 3.63) is 54.1 Å². The molecule has 1 N–H and O–H groups in total. The van der Waals surface area contributed by atoms with Crippen molar-refractivity contribution < 1.29 is 14.3 Å². The second-order valence-electron chi connectivity index (χ2n) is 9.18. The number of rotatable bonds is 7. The molecule has 1 aliphatic heterocycles. The largest absolute Gasteiger partial charge is 0.496 e. The van der Waals surface area contributed by atoms with Crippen LogP contribution < -0.4 is 10.1 Å². The van der Waals surface area contributed by atoms with Crippen LogP contribution in [0.4, 0.5) is 0 Å². The Morgan fingerprint density at radius 3 is 2.45 bits per heavy atom. The van der Waals surface area contributed by atoms with Gasteiger partial charge < -0.3 is 14.8 Å². The predicted octanol–water partition coefficient (Wildman–Crippen LogP) is 5.40. The third-order valence-corrected chi connectivity index (χ3v) is 7.12. The van der Waals surface area contributed by atoms with Gasteiger partial charge in [-0.05, 0) is 55.2 Å². The van der Waals surface area contributed by atoms with Crippen molar-refractivity contribution in [3.63, 3.8) is 0 Å². The summed E-state index contributed by atoms with van der Waals surface area (Å²) in [5, 5.41) is 3.32. The zero-order chi connectivity index (χ0) is 21.5. The van der Waals surface area contributed by atoms with E-state index in [1.54, 1.807) is 7.11 Å². The molecule has 0 radical (unpaired) electrons. The smallest absolute Gasteiger partial charge is 0.226 e. The minimum atomic E-state index is -0.362. The molecule has 1 saturated heterocycles. The minimum Gasteiger partial charge on any atom is -0.496 e. The van der Waals surface area contributed by atoms with Crippen LogP contribution in [-0.4, -0.2) is 32.8 Å². The maximum atomic E-state index is 13.4. The molecule has 166 valence electrons. The van der Waals surface area contributed by atoms with Crippen molar-refractivity contribution in [3.8, 4) is 16.9 Å². The van der Waals surface area contributed by atoms with E-state index in [1.807, 2.05) is 18.2 Å². The van der Waals surface area contributed by atoms with Crippen LogP contribution >= 0.6 is 0 Å². The number of ether oxygens (including phenoxy) is 2. The van der Waals surface area contributed by atoms with Crippen LogP contribution in [0.3, 0.4) is 0 Å². The fraction of sp³-hybridized carbons (Fsp3) is 0.519. The summed E-state index contributed by atoms with van der Waals surface area (Å²) in [6.07, 6.45) is 8.79. The Bertz CT molecular complexity index is 849. The van der Waals surface area contributed by atoms with Crippen LogP contribution in [0.2, 0.25) is 0 Å². The van der Waals surface area contributed by atoms with Crippen LogP contribution in [0.25, 0.3) is 11.1 Å². The van der Waals surface area contributed by atoms with E-state index in [1.165, 1.54) is 37.7 Å². The van der Waals surface area contributed by atoms with Gasteiger partial charge in [-0.25, -0.2) is 0 Å². The Morgan fingerprint density at radius 1 is 1.03 bits per heavy atom. The number of benzene rings is 2. The number of hydrogen-bond acceptors (Lipinski definition) is 3. The first-order valence-corrected chi connectivity index (χ1v) is 11.8. The number of carbonyl (C=O) groups is 1. The van der Waals surface area contributed by atoms with Gasteiger partial charge >= 0.3 is 0 Å². The summed E-state index contributed by atoms with van der Waals surface area (Å²) in [6.45, 7) is 2.15. The number of para-hydroxylation sites is 1. The quantitative estimate of drug-likeness (QED) is 0.651. The topological polar surface area (TPSA) is 47.6 Å². The van der Waals surface area contributed by atoms with E-state index in [4.69, 9.17) is 9.47 Å². The number of methoxy groups -OCH3 is 1. The Balaban J connectivity index is 1.46. The summed E-state index contributed by atoms with van der Waals surface area (Å²) in [5.74, 6) is 1.74. The molecule has 1 aliphatic carbocycles. The van der Waals surface area contributed by atoms with E-state index in [2.05, 4.69) is 35.6 Å². The van der Waals surface area contributed by atoms with Crippen molar-refractivity contribution in [2.75, 3.05) is 26.9 Å². The molecule has 1 heterocycles. The van der Waals surface area contributed by atoms with Gasteiger partial charge in [0, 0.05) is 25.3 Å². The molecule has 4 rings (SSSR count). The normalized spacial score (nSPS) is 19.0. The lowest BCUT2D eigenvalue weighted by molar-refractivity contribution is -0.136. The molecule has 1 saturated carbocycles. The predicted molar refractivity (Wildman–Crippen MR) is 124 cm³/mol. The summed E-state index contributed by atoms with van der Waals surface area (Å²) in [5.41, 5.74) is 3.05. The second-order valence-corrected chi connectivity index (χ2v) is 9.18. The van der Waals surface area contributed by atoms with Gasteiger partial charge in [0.05, 0.1) is 12.5 Å². The van der Waals surface area contributed by atoms with Crippen molar-refractivity contribution in [1.82, 2.24) is 5.32 Å². The Kier molecular flexibility index (Phi) is 7.29. The van der Waals surface area contributed by atoms with Gasteiger partial charge in [0.15, 0.2) is 0 Å². The highest BCUT2D eigenvalue weighted by Crippen LogP contribution is 2.36. The third-order valence-electron chi connectivity index (χ3n) is 7.12. The SMILES string of the molecule is COc1ccccc1-c1ccc(CC2(C(=O)NCC3CCCCC3)CCOCC2)cc1. The average molecular weight is 422 g/mol. The van der Waals surface area contributed by atoms with Crippen LogP contribution in [-0.2, 0) is 16.0 Å². The number of amides is 1.